The number of hydrogen-bond donors (Lipinski definition) is 1. The molecule has 1 fully saturated rings. The zero-order valence-corrected chi connectivity index (χ0v) is 11.4. The molecule has 4 heteroatoms. The van der Waals surface area contributed by atoms with Crippen molar-refractivity contribution in [3.05, 3.63) is 21.4 Å². The van der Waals surface area contributed by atoms with Crippen molar-refractivity contribution in [3.63, 3.8) is 0 Å². The maximum Gasteiger partial charge on any atom is 0.345 e. The van der Waals surface area contributed by atoms with Crippen LogP contribution < -0.4 is 0 Å². The molecule has 2 rings (SSSR count). The number of hydrogen-bond acceptors (Lipinski definition) is 3. The number of carboxylic acid groups (broad SMARTS) is 1. The summed E-state index contributed by atoms with van der Waals surface area (Å²) in [7, 11) is 0. The van der Waals surface area contributed by atoms with Crippen molar-refractivity contribution in [3.8, 4) is 0 Å². The molecule has 1 aliphatic rings. The fraction of sp³-hybridized carbons (Fsp3) is 0.615. The van der Waals surface area contributed by atoms with Gasteiger partial charge >= 0.3 is 5.97 Å². The van der Waals surface area contributed by atoms with Gasteiger partial charge in [0.15, 0.2) is 0 Å². The molecule has 2 unspecified atom stereocenters. The number of likely N-dealkylation sites (tertiary alicyclic amines) is 1. The first-order valence-electron chi connectivity index (χ1n) is 6.04. The molecule has 0 radical (unpaired) electrons. The second-order valence-corrected chi connectivity index (χ2v) is 6.37. The SMILES string of the molecule is Cc1sc(C(=O)O)cc1CN1CC(C)CC1C. The van der Waals surface area contributed by atoms with Gasteiger partial charge < -0.3 is 5.11 Å². The maximum absolute atomic E-state index is 10.9. The van der Waals surface area contributed by atoms with E-state index in [4.69, 9.17) is 5.11 Å². The summed E-state index contributed by atoms with van der Waals surface area (Å²) in [5.41, 5.74) is 1.17. The van der Waals surface area contributed by atoms with E-state index in [9.17, 15) is 4.79 Å². The average molecular weight is 253 g/mol. The molecular formula is C13H19NO2S. The highest BCUT2D eigenvalue weighted by molar-refractivity contribution is 7.14. The van der Waals surface area contributed by atoms with Crippen molar-refractivity contribution in [1.29, 1.82) is 0 Å². The Labute approximate surface area is 106 Å². The van der Waals surface area contributed by atoms with Gasteiger partial charge in [0.2, 0.25) is 0 Å². The van der Waals surface area contributed by atoms with Crippen LogP contribution in [0.1, 0.15) is 40.4 Å². The van der Waals surface area contributed by atoms with Gasteiger partial charge in [-0.05, 0) is 37.8 Å². The van der Waals surface area contributed by atoms with E-state index in [-0.39, 0.29) is 0 Å². The highest BCUT2D eigenvalue weighted by atomic mass is 32.1. The lowest BCUT2D eigenvalue weighted by atomic mass is 10.1. The Balaban J connectivity index is 2.11. The van der Waals surface area contributed by atoms with Crippen molar-refractivity contribution in [1.82, 2.24) is 4.90 Å². The lowest BCUT2D eigenvalue weighted by Gasteiger charge is -2.20. The Bertz CT molecular complexity index is 427. The van der Waals surface area contributed by atoms with Gasteiger partial charge in [0.05, 0.1) is 0 Å². The molecule has 2 atom stereocenters. The molecule has 0 aromatic carbocycles. The van der Waals surface area contributed by atoms with E-state index in [1.54, 1.807) is 0 Å². The van der Waals surface area contributed by atoms with Gasteiger partial charge in [0.1, 0.15) is 4.88 Å². The highest BCUT2D eigenvalue weighted by Crippen LogP contribution is 2.28. The first-order valence-corrected chi connectivity index (χ1v) is 6.85. The molecule has 0 saturated carbocycles. The number of thiophene rings is 1. The Morgan fingerprint density at radius 3 is 2.76 bits per heavy atom. The predicted octanol–water partition coefficient (Wildman–Crippen LogP) is 2.99. The van der Waals surface area contributed by atoms with Crippen LogP contribution in [0, 0.1) is 12.8 Å². The Morgan fingerprint density at radius 2 is 2.29 bits per heavy atom. The van der Waals surface area contributed by atoms with Crippen LogP contribution in [0.4, 0.5) is 0 Å². The first-order chi connectivity index (χ1) is 7.97. The monoisotopic (exact) mass is 253 g/mol. The van der Waals surface area contributed by atoms with Crippen LogP contribution in [-0.2, 0) is 6.54 Å². The lowest BCUT2D eigenvalue weighted by molar-refractivity contribution is 0.0702. The Kier molecular flexibility index (Phi) is 3.54. The van der Waals surface area contributed by atoms with E-state index in [2.05, 4.69) is 18.7 Å². The van der Waals surface area contributed by atoms with Crippen LogP contribution in [0.25, 0.3) is 0 Å². The van der Waals surface area contributed by atoms with Gasteiger partial charge in [-0.3, -0.25) is 4.90 Å². The fourth-order valence-electron chi connectivity index (χ4n) is 2.61. The smallest absolute Gasteiger partial charge is 0.345 e. The molecule has 0 amide bonds. The molecule has 94 valence electrons. The van der Waals surface area contributed by atoms with Crippen molar-refractivity contribution in [2.75, 3.05) is 6.54 Å². The van der Waals surface area contributed by atoms with Crippen molar-refractivity contribution in [2.45, 2.75) is 39.8 Å². The molecule has 2 heterocycles. The van der Waals surface area contributed by atoms with Gasteiger partial charge in [-0.15, -0.1) is 11.3 Å². The minimum atomic E-state index is -0.813. The number of rotatable bonds is 3. The largest absolute Gasteiger partial charge is 0.477 e. The number of aryl methyl sites for hydroxylation is 1. The number of aromatic carboxylic acids is 1. The van der Waals surface area contributed by atoms with E-state index < -0.39 is 5.97 Å². The summed E-state index contributed by atoms with van der Waals surface area (Å²) in [4.78, 5) is 15.0. The molecule has 3 nitrogen and oxygen atoms in total. The zero-order valence-electron chi connectivity index (χ0n) is 10.6. The quantitative estimate of drug-likeness (QED) is 0.900. The van der Waals surface area contributed by atoms with E-state index in [0.717, 1.165) is 23.9 Å². The summed E-state index contributed by atoms with van der Waals surface area (Å²) in [6.45, 7) is 8.56. The van der Waals surface area contributed by atoms with E-state index in [1.165, 1.54) is 23.3 Å². The summed E-state index contributed by atoms with van der Waals surface area (Å²) in [5.74, 6) is -0.0601. The fourth-order valence-corrected chi connectivity index (χ4v) is 3.48. The van der Waals surface area contributed by atoms with Gasteiger partial charge in [0, 0.05) is 24.0 Å². The third kappa shape index (κ3) is 2.69. The normalized spacial score (nSPS) is 25.4. The molecular weight excluding hydrogens is 234 g/mol. The lowest BCUT2D eigenvalue weighted by Crippen LogP contribution is -2.26. The van der Waals surface area contributed by atoms with Crippen molar-refractivity contribution < 1.29 is 9.90 Å². The maximum atomic E-state index is 10.9. The standard InChI is InChI=1S/C13H19NO2S/c1-8-4-9(2)14(6-8)7-11-5-12(13(15)16)17-10(11)3/h5,8-9H,4,6-7H2,1-3H3,(H,15,16). The zero-order chi connectivity index (χ0) is 12.6. The van der Waals surface area contributed by atoms with Crippen molar-refractivity contribution in [2.24, 2.45) is 5.92 Å². The second-order valence-electron chi connectivity index (χ2n) is 5.12. The Hall–Kier alpha value is -0.870. The topological polar surface area (TPSA) is 40.5 Å². The van der Waals surface area contributed by atoms with Gasteiger partial charge in [-0.1, -0.05) is 6.92 Å². The van der Waals surface area contributed by atoms with Crippen LogP contribution >= 0.6 is 11.3 Å². The van der Waals surface area contributed by atoms with E-state index >= 15 is 0 Å². The first kappa shape index (κ1) is 12.6. The number of carbonyl (C=O) groups is 1. The third-order valence-corrected chi connectivity index (χ3v) is 4.60. The summed E-state index contributed by atoms with van der Waals surface area (Å²) in [6.07, 6.45) is 1.25. The third-order valence-electron chi connectivity index (χ3n) is 3.52. The average Bonchev–Trinajstić information content (AvgIpc) is 2.73. The van der Waals surface area contributed by atoms with Crippen LogP contribution in [-0.4, -0.2) is 28.6 Å². The van der Waals surface area contributed by atoms with E-state index in [1.807, 2.05) is 13.0 Å². The minimum absolute atomic E-state index is 0.456. The molecule has 0 aliphatic carbocycles. The van der Waals surface area contributed by atoms with Crippen molar-refractivity contribution >= 4 is 17.3 Å². The summed E-state index contributed by atoms with van der Waals surface area (Å²) < 4.78 is 0. The molecule has 0 spiro atoms. The highest BCUT2D eigenvalue weighted by Gasteiger charge is 2.26. The van der Waals surface area contributed by atoms with Gasteiger partial charge in [-0.25, -0.2) is 4.79 Å². The Morgan fingerprint density at radius 1 is 1.59 bits per heavy atom. The van der Waals surface area contributed by atoms with Gasteiger partial charge in [-0.2, -0.15) is 0 Å². The molecule has 17 heavy (non-hydrogen) atoms. The summed E-state index contributed by atoms with van der Waals surface area (Å²) >= 11 is 1.38. The number of carboxylic acids is 1. The van der Waals surface area contributed by atoms with Gasteiger partial charge in [0.25, 0.3) is 0 Å². The molecule has 1 saturated heterocycles. The van der Waals surface area contributed by atoms with Crippen LogP contribution in [0.2, 0.25) is 0 Å². The predicted molar refractivity (Wildman–Crippen MR) is 69.7 cm³/mol. The van der Waals surface area contributed by atoms with Crippen LogP contribution in [0.15, 0.2) is 6.07 Å². The second kappa shape index (κ2) is 4.78. The molecule has 1 N–H and O–H groups in total. The minimum Gasteiger partial charge on any atom is -0.477 e. The summed E-state index contributed by atoms with van der Waals surface area (Å²) in [5, 5.41) is 8.97. The molecule has 0 bridgehead atoms. The molecule has 1 aromatic rings. The van der Waals surface area contributed by atoms with E-state index in [0.29, 0.717) is 10.9 Å². The van der Waals surface area contributed by atoms with Crippen LogP contribution in [0.3, 0.4) is 0 Å². The summed E-state index contributed by atoms with van der Waals surface area (Å²) in [6, 6.07) is 2.44. The molecule has 1 aromatic heterocycles. The number of nitrogens with zero attached hydrogens (tertiary/aromatic N) is 1. The molecule has 1 aliphatic heterocycles. The van der Waals surface area contributed by atoms with Crippen LogP contribution in [0.5, 0.6) is 0 Å².